The van der Waals surface area contributed by atoms with Crippen LogP contribution in [0.2, 0.25) is 0 Å². The molecule has 0 aromatic carbocycles. The number of aliphatic hydroxyl groups excluding tert-OH is 1. The monoisotopic (exact) mass is 254 g/mol. The van der Waals surface area contributed by atoms with Gasteiger partial charge in [-0.3, -0.25) is 0 Å². The SMILES string of the molecule is COCC(C)(C)NS(=O)(=O)N(C)CCCO. The van der Waals surface area contributed by atoms with Gasteiger partial charge in [-0.1, -0.05) is 0 Å². The van der Waals surface area contributed by atoms with Crippen molar-refractivity contribution in [3.63, 3.8) is 0 Å². The fourth-order valence-corrected chi connectivity index (χ4v) is 2.51. The highest BCUT2D eigenvalue weighted by Gasteiger charge is 2.27. The molecule has 2 N–H and O–H groups in total. The average Bonchev–Trinajstić information content (AvgIpc) is 2.11. The van der Waals surface area contributed by atoms with Crippen LogP contribution in [0.1, 0.15) is 20.3 Å². The molecule has 0 fully saturated rings. The maximum absolute atomic E-state index is 11.8. The molecule has 0 aliphatic carbocycles. The first-order chi connectivity index (χ1) is 7.25. The minimum absolute atomic E-state index is 0.0265. The summed E-state index contributed by atoms with van der Waals surface area (Å²) in [5, 5.41) is 8.64. The first-order valence-corrected chi connectivity index (χ1v) is 6.54. The van der Waals surface area contributed by atoms with Crippen LogP contribution in [0.5, 0.6) is 0 Å². The lowest BCUT2D eigenvalue weighted by Crippen LogP contribution is -2.51. The van der Waals surface area contributed by atoms with Crippen molar-refractivity contribution in [3.8, 4) is 0 Å². The van der Waals surface area contributed by atoms with Gasteiger partial charge >= 0.3 is 0 Å². The van der Waals surface area contributed by atoms with Gasteiger partial charge in [-0.2, -0.15) is 17.4 Å². The summed E-state index contributed by atoms with van der Waals surface area (Å²) in [6.07, 6.45) is 0.419. The van der Waals surface area contributed by atoms with Crippen molar-refractivity contribution >= 4 is 10.2 Å². The third-order valence-electron chi connectivity index (χ3n) is 1.95. The van der Waals surface area contributed by atoms with Gasteiger partial charge in [-0.25, -0.2) is 0 Å². The van der Waals surface area contributed by atoms with Gasteiger partial charge in [0, 0.05) is 27.3 Å². The van der Waals surface area contributed by atoms with Crippen molar-refractivity contribution in [2.45, 2.75) is 25.8 Å². The Labute approximate surface area is 97.8 Å². The predicted molar refractivity (Wildman–Crippen MR) is 62.3 cm³/mol. The number of ether oxygens (including phenoxy) is 1. The second-order valence-corrected chi connectivity index (χ2v) is 6.10. The maximum atomic E-state index is 11.8. The molecular weight excluding hydrogens is 232 g/mol. The molecule has 7 heteroatoms. The number of nitrogens with zero attached hydrogens (tertiary/aromatic N) is 1. The van der Waals surface area contributed by atoms with Crippen molar-refractivity contribution in [2.24, 2.45) is 0 Å². The predicted octanol–water partition coefficient (Wildman–Crippen LogP) is -0.440. The second-order valence-electron chi connectivity index (χ2n) is 4.32. The highest BCUT2D eigenvalue weighted by atomic mass is 32.2. The van der Waals surface area contributed by atoms with E-state index in [-0.39, 0.29) is 13.2 Å². The first kappa shape index (κ1) is 15.8. The Hall–Kier alpha value is -0.210. The van der Waals surface area contributed by atoms with Crippen LogP contribution in [0.15, 0.2) is 0 Å². The number of hydrogen-bond acceptors (Lipinski definition) is 4. The third kappa shape index (κ3) is 5.76. The quantitative estimate of drug-likeness (QED) is 0.615. The number of methoxy groups -OCH3 is 1. The van der Waals surface area contributed by atoms with E-state index in [2.05, 4.69) is 4.72 Å². The van der Waals surface area contributed by atoms with Crippen molar-refractivity contribution in [2.75, 3.05) is 33.9 Å². The van der Waals surface area contributed by atoms with Gasteiger partial charge in [-0.05, 0) is 20.3 Å². The summed E-state index contributed by atoms with van der Waals surface area (Å²) in [7, 11) is -0.528. The fourth-order valence-electron chi connectivity index (χ4n) is 1.23. The summed E-state index contributed by atoms with van der Waals surface area (Å²) in [5.41, 5.74) is -0.652. The molecule has 6 nitrogen and oxygen atoms in total. The molecule has 98 valence electrons. The number of hydrogen-bond donors (Lipinski definition) is 2. The lowest BCUT2D eigenvalue weighted by molar-refractivity contribution is 0.140. The smallest absolute Gasteiger partial charge is 0.279 e. The topological polar surface area (TPSA) is 78.9 Å². The molecule has 16 heavy (non-hydrogen) atoms. The Morgan fingerprint density at radius 1 is 1.44 bits per heavy atom. The van der Waals surface area contributed by atoms with Crippen molar-refractivity contribution in [1.29, 1.82) is 0 Å². The molecule has 0 heterocycles. The molecule has 0 aliphatic rings. The van der Waals surface area contributed by atoms with Crippen LogP contribution in [-0.2, 0) is 14.9 Å². The molecule has 0 atom stereocenters. The summed E-state index contributed by atoms with van der Waals surface area (Å²) >= 11 is 0. The zero-order chi connectivity index (χ0) is 12.8. The van der Waals surface area contributed by atoms with E-state index in [1.165, 1.54) is 18.5 Å². The van der Waals surface area contributed by atoms with Crippen LogP contribution in [0, 0.1) is 0 Å². The molecule has 0 amide bonds. The highest BCUT2D eigenvalue weighted by Crippen LogP contribution is 2.07. The van der Waals surface area contributed by atoms with E-state index >= 15 is 0 Å². The lowest BCUT2D eigenvalue weighted by Gasteiger charge is -2.28. The summed E-state index contributed by atoms with van der Waals surface area (Å²) in [4.78, 5) is 0. The van der Waals surface area contributed by atoms with Gasteiger partial charge in [-0.15, -0.1) is 0 Å². The van der Waals surface area contributed by atoms with Crippen molar-refractivity contribution in [3.05, 3.63) is 0 Å². The molecule has 0 radical (unpaired) electrons. The first-order valence-electron chi connectivity index (χ1n) is 5.10. The average molecular weight is 254 g/mol. The van der Waals surface area contributed by atoms with Crippen molar-refractivity contribution in [1.82, 2.24) is 9.03 Å². The normalized spacial score (nSPS) is 13.4. The summed E-state index contributed by atoms with van der Waals surface area (Å²) in [6, 6.07) is 0. The van der Waals surface area contributed by atoms with Gasteiger partial charge in [0.1, 0.15) is 0 Å². The zero-order valence-electron chi connectivity index (χ0n) is 10.4. The minimum Gasteiger partial charge on any atom is -0.396 e. The summed E-state index contributed by atoms with van der Waals surface area (Å²) < 4.78 is 32.3. The van der Waals surface area contributed by atoms with Gasteiger partial charge in [0.25, 0.3) is 10.2 Å². The van der Waals surface area contributed by atoms with Gasteiger partial charge in [0.2, 0.25) is 0 Å². The molecule has 0 bridgehead atoms. The Bertz CT molecular complexity index is 290. The van der Waals surface area contributed by atoms with Gasteiger partial charge in [0.15, 0.2) is 0 Å². The van der Waals surface area contributed by atoms with Crippen LogP contribution in [0.4, 0.5) is 0 Å². The maximum Gasteiger partial charge on any atom is 0.279 e. The van der Waals surface area contributed by atoms with Crippen LogP contribution in [-0.4, -0.2) is 57.3 Å². The lowest BCUT2D eigenvalue weighted by atomic mass is 10.1. The van der Waals surface area contributed by atoms with Crippen LogP contribution in [0.3, 0.4) is 0 Å². The standard InChI is InChI=1S/C9H22N2O4S/c1-9(2,8-15-4)10-16(13,14)11(3)6-5-7-12/h10,12H,5-8H2,1-4H3. The van der Waals surface area contributed by atoms with E-state index in [4.69, 9.17) is 9.84 Å². The molecule has 0 saturated heterocycles. The van der Waals surface area contributed by atoms with Crippen molar-refractivity contribution < 1.29 is 18.3 Å². The van der Waals surface area contributed by atoms with Gasteiger partial charge in [0.05, 0.1) is 12.1 Å². The third-order valence-corrected chi connectivity index (χ3v) is 3.77. The Morgan fingerprint density at radius 2 is 2.00 bits per heavy atom. The van der Waals surface area contributed by atoms with E-state index < -0.39 is 15.7 Å². The fraction of sp³-hybridized carbons (Fsp3) is 1.00. The van der Waals surface area contributed by atoms with Crippen LogP contribution >= 0.6 is 0 Å². The molecule has 0 unspecified atom stereocenters. The Morgan fingerprint density at radius 3 is 2.44 bits per heavy atom. The minimum atomic E-state index is -3.52. The molecule has 0 aromatic heterocycles. The number of nitrogens with one attached hydrogen (secondary N) is 1. The highest BCUT2D eigenvalue weighted by molar-refractivity contribution is 7.87. The Kier molecular flexibility index (Phi) is 6.42. The Balaban J connectivity index is 4.44. The van der Waals surface area contributed by atoms with E-state index in [0.29, 0.717) is 13.0 Å². The van der Waals surface area contributed by atoms with E-state index in [1.54, 1.807) is 13.8 Å². The molecule has 0 aliphatic heterocycles. The number of rotatable bonds is 8. The van der Waals surface area contributed by atoms with Gasteiger partial charge < -0.3 is 9.84 Å². The van der Waals surface area contributed by atoms with Crippen LogP contribution < -0.4 is 4.72 Å². The molecule has 0 saturated carbocycles. The summed E-state index contributed by atoms with van der Waals surface area (Å²) in [6.45, 7) is 4.04. The molecule has 0 rings (SSSR count). The molecule has 0 spiro atoms. The van der Waals surface area contributed by atoms with E-state index in [1.807, 2.05) is 0 Å². The van der Waals surface area contributed by atoms with E-state index in [9.17, 15) is 8.42 Å². The zero-order valence-corrected chi connectivity index (χ0v) is 11.2. The second kappa shape index (κ2) is 6.51. The van der Waals surface area contributed by atoms with Crippen LogP contribution in [0.25, 0.3) is 0 Å². The van der Waals surface area contributed by atoms with E-state index in [0.717, 1.165) is 0 Å². The largest absolute Gasteiger partial charge is 0.396 e. The number of aliphatic hydroxyl groups is 1. The molecular formula is C9H22N2O4S. The summed E-state index contributed by atoms with van der Waals surface area (Å²) in [5.74, 6) is 0. The molecule has 0 aromatic rings.